The van der Waals surface area contributed by atoms with Gasteiger partial charge in [0.15, 0.2) is 0 Å². The van der Waals surface area contributed by atoms with E-state index in [4.69, 9.17) is 0 Å². The molecular formula is C23H29N3O. The minimum atomic E-state index is 0.0914. The van der Waals surface area contributed by atoms with Crippen molar-refractivity contribution in [2.45, 2.75) is 25.7 Å². The fourth-order valence-electron chi connectivity index (χ4n) is 4.47. The Kier molecular flexibility index (Phi) is 5.17. The Morgan fingerprint density at radius 2 is 1.70 bits per heavy atom. The van der Waals surface area contributed by atoms with Gasteiger partial charge in [-0.05, 0) is 81.1 Å². The number of carbonyl (C=O) groups excluding carboxylic acids is 1. The summed E-state index contributed by atoms with van der Waals surface area (Å²) in [5.41, 5.74) is 4.91. The number of rotatable bonds is 4. The zero-order valence-electron chi connectivity index (χ0n) is 16.4. The highest BCUT2D eigenvalue weighted by Gasteiger charge is 2.28. The third-order valence-electron chi connectivity index (χ3n) is 5.75. The molecule has 0 aromatic heterocycles. The molecule has 0 bridgehead atoms. The van der Waals surface area contributed by atoms with E-state index >= 15 is 0 Å². The molecule has 2 amide bonds. The third-order valence-corrected chi connectivity index (χ3v) is 5.75. The smallest absolute Gasteiger partial charge is 0.309 e. The summed E-state index contributed by atoms with van der Waals surface area (Å²) in [4.78, 5) is 19.2. The van der Waals surface area contributed by atoms with Crippen LogP contribution in [0.25, 0.3) is 0 Å². The highest BCUT2D eigenvalue weighted by atomic mass is 16.2. The minimum absolute atomic E-state index is 0.0914. The highest BCUT2D eigenvalue weighted by molar-refractivity contribution is 6.04. The van der Waals surface area contributed by atoms with E-state index in [0.29, 0.717) is 0 Å². The molecule has 1 aliphatic carbocycles. The van der Waals surface area contributed by atoms with Crippen molar-refractivity contribution in [3.63, 3.8) is 0 Å². The van der Waals surface area contributed by atoms with E-state index in [1.165, 1.54) is 17.5 Å². The number of benzene rings is 2. The maximum Gasteiger partial charge on any atom is 0.328 e. The number of carbonyl (C=O) groups is 1. The average molecular weight is 364 g/mol. The van der Waals surface area contributed by atoms with Crippen LogP contribution in [0.15, 0.2) is 48.5 Å². The van der Waals surface area contributed by atoms with Gasteiger partial charge in [0, 0.05) is 31.0 Å². The van der Waals surface area contributed by atoms with Gasteiger partial charge in [0.25, 0.3) is 0 Å². The van der Waals surface area contributed by atoms with Gasteiger partial charge in [-0.2, -0.15) is 0 Å². The molecule has 4 nitrogen and oxygen atoms in total. The molecule has 1 fully saturated rings. The lowest BCUT2D eigenvalue weighted by Crippen LogP contribution is -2.49. The van der Waals surface area contributed by atoms with Gasteiger partial charge < -0.3 is 4.90 Å². The molecule has 2 aromatic carbocycles. The summed E-state index contributed by atoms with van der Waals surface area (Å²) in [7, 11) is 4.30. The van der Waals surface area contributed by atoms with Crippen molar-refractivity contribution >= 4 is 17.4 Å². The van der Waals surface area contributed by atoms with E-state index in [1.807, 2.05) is 40.1 Å². The minimum Gasteiger partial charge on any atom is -0.309 e. The van der Waals surface area contributed by atoms with Gasteiger partial charge in [-0.15, -0.1) is 0 Å². The standard InChI is InChI=1S/C23H29N3O/c1-24(2)17-18-9-10-20-16-22(12-11-19(20)15-18)26-14-6-13-25(23(26)27)21-7-4-3-5-8-21/h3-5,7-8,11-12,16,18H,6,9-10,13-15,17H2,1-2H3. The Morgan fingerprint density at radius 1 is 0.963 bits per heavy atom. The van der Waals surface area contributed by atoms with Gasteiger partial charge in [-0.25, -0.2) is 4.79 Å². The summed E-state index contributed by atoms with van der Waals surface area (Å²) in [5, 5.41) is 0. The Bertz CT molecular complexity index is 803. The van der Waals surface area contributed by atoms with Crippen LogP contribution in [0, 0.1) is 5.92 Å². The number of nitrogens with zero attached hydrogens (tertiary/aromatic N) is 3. The second-order valence-corrected chi connectivity index (χ2v) is 8.10. The Labute approximate surface area is 162 Å². The first-order valence-electron chi connectivity index (χ1n) is 10.0. The molecule has 0 radical (unpaired) electrons. The second kappa shape index (κ2) is 7.73. The molecule has 1 saturated heterocycles. The van der Waals surface area contributed by atoms with Gasteiger partial charge in [0.05, 0.1) is 0 Å². The van der Waals surface area contributed by atoms with E-state index in [9.17, 15) is 4.79 Å². The van der Waals surface area contributed by atoms with Gasteiger partial charge in [-0.1, -0.05) is 24.3 Å². The second-order valence-electron chi connectivity index (χ2n) is 8.10. The lowest BCUT2D eigenvalue weighted by molar-refractivity contribution is 0.248. The van der Waals surface area contributed by atoms with E-state index < -0.39 is 0 Å². The van der Waals surface area contributed by atoms with Crippen molar-refractivity contribution in [2.24, 2.45) is 5.92 Å². The summed E-state index contributed by atoms with van der Waals surface area (Å²) < 4.78 is 0. The Hall–Kier alpha value is -2.33. The number of anilines is 2. The molecule has 2 aromatic rings. The van der Waals surface area contributed by atoms with Gasteiger partial charge in [0.2, 0.25) is 0 Å². The molecular weight excluding hydrogens is 334 g/mol. The molecule has 1 heterocycles. The normalized spacial score (nSPS) is 20.1. The van der Waals surface area contributed by atoms with Crippen LogP contribution in [0.3, 0.4) is 0 Å². The molecule has 4 rings (SSSR count). The van der Waals surface area contributed by atoms with Crippen molar-refractivity contribution in [1.29, 1.82) is 0 Å². The Morgan fingerprint density at radius 3 is 2.44 bits per heavy atom. The zero-order valence-corrected chi connectivity index (χ0v) is 16.4. The van der Waals surface area contributed by atoms with Gasteiger partial charge >= 0.3 is 6.03 Å². The van der Waals surface area contributed by atoms with E-state index in [1.54, 1.807) is 0 Å². The lowest BCUT2D eigenvalue weighted by atomic mass is 9.83. The van der Waals surface area contributed by atoms with E-state index in [2.05, 4.69) is 37.2 Å². The predicted octanol–water partition coefficient (Wildman–Crippen LogP) is 4.19. The first kappa shape index (κ1) is 18.1. The molecule has 1 unspecified atom stereocenters. The maximum absolute atomic E-state index is 13.1. The first-order valence-corrected chi connectivity index (χ1v) is 10.0. The summed E-state index contributed by atoms with van der Waals surface area (Å²) in [5.74, 6) is 0.739. The number of amides is 2. The lowest BCUT2D eigenvalue weighted by Gasteiger charge is -2.36. The fourth-order valence-corrected chi connectivity index (χ4v) is 4.47. The molecule has 0 spiro atoms. The quantitative estimate of drug-likeness (QED) is 0.814. The number of urea groups is 1. The highest BCUT2D eigenvalue weighted by Crippen LogP contribution is 2.31. The molecule has 0 saturated carbocycles. The largest absolute Gasteiger partial charge is 0.328 e. The van der Waals surface area contributed by atoms with Crippen molar-refractivity contribution in [3.05, 3.63) is 59.7 Å². The van der Waals surface area contributed by atoms with Crippen LogP contribution < -0.4 is 9.80 Å². The SMILES string of the molecule is CN(C)CC1CCc2cc(N3CCCN(c4ccccc4)C3=O)ccc2C1. The third kappa shape index (κ3) is 3.86. The van der Waals surface area contributed by atoms with Gasteiger partial charge in [-0.3, -0.25) is 9.80 Å². The number of hydrogen-bond donors (Lipinski definition) is 0. The van der Waals surface area contributed by atoms with Crippen LogP contribution in [0.5, 0.6) is 0 Å². The first-order chi connectivity index (χ1) is 13.1. The predicted molar refractivity (Wildman–Crippen MR) is 112 cm³/mol. The van der Waals surface area contributed by atoms with Crippen LogP contribution in [0.4, 0.5) is 16.2 Å². The number of hydrogen-bond acceptors (Lipinski definition) is 2. The molecule has 1 atom stereocenters. The van der Waals surface area contributed by atoms with Crippen LogP contribution in [0.1, 0.15) is 24.0 Å². The molecule has 142 valence electrons. The summed E-state index contributed by atoms with van der Waals surface area (Å²) >= 11 is 0. The Balaban J connectivity index is 1.53. The van der Waals surface area contributed by atoms with E-state index in [-0.39, 0.29) is 6.03 Å². The molecule has 4 heteroatoms. The van der Waals surface area contributed by atoms with Crippen molar-refractivity contribution in [3.8, 4) is 0 Å². The number of fused-ring (bicyclic) bond motifs is 1. The molecule has 27 heavy (non-hydrogen) atoms. The van der Waals surface area contributed by atoms with Gasteiger partial charge in [0.1, 0.15) is 0 Å². The number of aryl methyl sites for hydroxylation is 1. The van der Waals surface area contributed by atoms with Crippen molar-refractivity contribution in [2.75, 3.05) is 43.5 Å². The summed E-state index contributed by atoms with van der Waals surface area (Å²) in [6.45, 7) is 2.73. The molecule has 0 N–H and O–H groups in total. The zero-order chi connectivity index (χ0) is 18.8. The van der Waals surface area contributed by atoms with Crippen LogP contribution >= 0.6 is 0 Å². The molecule has 1 aliphatic heterocycles. The van der Waals surface area contributed by atoms with Crippen LogP contribution in [-0.4, -0.2) is 44.7 Å². The van der Waals surface area contributed by atoms with Crippen LogP contribution in [0.2, 0.25) is 0 Å². The molecule has 2 aliphatic rings. The average Bonchev–Trinajstić information content (AvgIpc) is 2.68. The fraction of sp³-hybridized carbons (Fsp3) is 0.435. The van der Waals surface area contributed by atoms with E-state index in [0.717, 1.165) is 56.2 Å². The summed E-state index contributed by atoms with van der Waals surface area (Å²) in [6.07, 6.45) is 4.49. The van der Waals surface area contributed by atoms with Crippen molar-refractivity contribution in [1.82, 2.24) is 4.90 Å². The van der Waals surface area contributed by atoms with Crippen LogP contribution in [-0.2, 0) is 12.8 Å². The topological polar surface area (TPSA) is 26.8 Å². The maximum atomic E-state index is 13.1. The monoisotopic (exact) mass is 363 g/mol. The summed E-state index contributed by atoms with van der Waals surface area (Å²) in [6, 6.07) is 16.7. The number of para-hydroxylation sites is 1. The van der Waals surface area contributed by atoms with Crippen molar-refractivity contribution < 1.29 is 4.79 Å².